The number of hydrogen-bond acceptors (Lipinski definition) is 5. The molecule has 0 saturated carbocycles. The Morgan fingerprint density at radius 3 is 2.47 bits per heavy atom. The average Bonchev–Trinajstić information content (AvgIpc) is 2.75. The van der Waals surface area contributed by atoms with Gasteiger partial charge in [-0.1, -0.05) is 27.5 Å². The van der Waals surface area contributed by atoms with E-state index in [0.717, 1.165) is 27.8 Å². The maximum absolute atomic E-state index is 10.8. The van der Waals surface area contributed by atoms with E-state index in [1.807, 2.05) is 42.5 Å². The number of aliphatic imine (C=N–C) groups is 1. The van der Waals surface area contributed by atoms with Gasteiger partial charge in [-0.25, -0.2) is 0 Å². The van der Waals surface area contributed by atoms with Crippen molar-refractivity contribution in [2.24, 2.45) is 4.99 Å². The molecular weight excluding hydrogens is 468 g/mol. The molecule has 0 aromatic heterocycles. The molecule has 3 aromatic rings. The van der Waals surface area contributed by atoms with Gasteiger partial charge >= 0.3 is 0 Å². The van der Waals surface area contributed by atoms with E-state index in [9.17, 15) is 4.79 Å². The zero-order chi connectivity index (χ0) is 21.1. The fourth-order valence-corrected chi connectivity index (χ4v) is 3.53. The van der Waals surface area contributed by atoms with E-state index in [4.69, 9.17) is 21.1 Å². The van der Waals surface area contributed by atoms with Gasteiger partial charge < -0.3 is 9.47 Å². The Balaban J connectivity index is 1.63. The quantitative estimate of drug-likeness (QED) is 0.383. The summed E-state index contributed by atoms with van der Waals surface area (Å²) < 4.78 is 12.7. The van der Waals surface area contributed by atoms with E-state index in [2.05, 4.69) is 25.8 Å². The van der Waals surface area contributed by atoms with Crippen molar-refractivity contribution in [3.05, 3.63) is 76.2 Å². The normalized spacial score (nSPS) is 16.0. The highest BCUT2D eigenvalue weighted by molar-refractivity contribution is 9.10. The van der Waals surface area contributed by atoms with Gasteiger partial charge in [0.15, 0.2) is 12.4 Å². The molecule has 1 heterocycles. The third-order valence-electron chi connectivity index (χ3n) is 4.49. The number of carbonyl (C=O) groups excluding carboxylic acids is 1. The fourth-order valence-electron chi connectivity index (χ4n) is 3.10. The SMILES string of the molecule is C[C@H](C=O)Oc1ccc(OC2C=Nc3cc(Cl)ccc3N2c2ccc(Br)cc2)cc1. The molecule has 0 bridgehead atoms. The molecule has 0 amide bonds. The van der Waals surface area contributed by atoms with Crippen LogP contribution in [-0.2, 0) is 4.79 Å². The second-order valence-corrected chi connectivity index (χ2v) is 8.05. The number of anilines is 2. The Hall–Kier alpha value is -2.83. The van der Waals surface area contributed by atoms with Crippen molar-refractivity contribution in [2.45, 2.75) is 19.3 Å². The summed E-state index contributed by atoms with van der Waals surface area (Å²) in [5.74, 6) is 1.25. The monoisotopic (exact) mass is 484 g/mol. The predicted molar refractivity (Wildman–Crippen MR) is 123 cm³/mol. The molecule has 0 radical (unpaired) electrons. The molecule has 0 spiro atoms. The topological polar surface area (TPSA) is 51.1 Å². The first-order chi connectivity index (χ1) is 14.5. The molecule has 1 aliphatic heterocycles. The smallest absolute Gasteiger partial charge is 0.213 e. The number of fused-ring (bicyclic) bond motifs is 1. The number of aldehydes is 1. The lowest BCUT2D eigenvalue weighted by Gasteiger charge is -2.34. The van der Waals surface area contributed by atoms with Gasteiger partial charge in [-0.05, 0) is 73.7 Å². The zero-order valence-electron chi connectivity index (χ0n) is 16.0. The standard InChI is InChI=1S/C23H18BrClN2O3/c1-15(14-28)29-19-7-9-20(10-8-19)30-23-13-26-21-12-17(25)4-11-22(21)27(23)18-5-2-16(24)3-6-18/h2-15,23H,1H3/t15-,23?/m1/s1. The Morgan fingerprint density at radius 2 is 1.77 bits per heavy atom. The van der Waals surface area contributed by atoms with Gasteiger partial charge in [0.05, 0.1) is 17.6 Å². The summed E-state index contributed by atoms with van der Waals surface area (Å²) in [6.07, 6.45) is 1.54. The molecule has 3 aromatic carbocycles. The first kappa shape index (κ1) is 20.4. The van der Waals surface area contributed by atoms with Gasteiger partial charge in [0.25, 0.3) is 0 Å². The van der Waals surface area contributed by atoms with Gasteiger partial charge in [-0.2, -0.15) is 0 Å². The molecule has 0 fully saturated rings. The van der Waals surface area contributed by atoms with Crippen molar-refractivity contribution >= 4 is 57.1 Å². The average molecular weight is 486 g/mol. The minimum atomic E-state index is -0.501. The Labute approximate surface area is 188 Å². The molecule has 5 nitrogen and oxygen atoms in total. The zero-order valence-corrected chi connectivity index (χ0v) is 18.4. The Morgan fingerprint density at radius 1 is 1.07 bits per heavy atom. The van der Waals surface area contributed by atoms with Crippen LogP contribution in [0.1, 0.15) is 6.92 Å². The van der Waals surface area contributed by atoms with Crippen LogP contribution in [0.25, 0.3) is 0 Å². The highest BCUT2D eigenvalue weighted by atomic mass is 79.9. The molecule has 1 aliphatic rings. The van der Waals surface area contributed by atoms with Crippen molar-refractivity contribution in [2.75, 3.05) is 4.90 Å². The molecule has 0 N–H and O–H groups in total. The number of ether oxygens (including phenoxy) is 2. The van der Waals surface area contributed by atoms with Gasteiger partial charge in [0.2, 0.25) is 6.23 Å². The van der Waals surface area contributed by atoms with Gasteiger partial charge in [-0.3, -0.25) is 14.7 Å². The molecule has 7 heteroatoms. The van der Waals surface area contributed by atoms with Crippen molar-refractivity contribution in [3.8, 4) is 11.5 Å². The Bertz CT molecular complexity index is 1070. The molecule has 0 saturated heterocycles. The van der Waals surface area contributed by atoms with E-state index >= 15 is 0 Å². The van der Waals surface area contributed by atoms with Crippen molar-refractivity contribution in [1.29, 1.82) is 0 Å². The molecule has 30 heavy (non-hydrogen) atoms. The van der Waals surface area contributed by atoms with Crippen molar-refractivity contribution < 1.29 is 14.3 Å². The summed E-state index contributed by atoms with van der Waals surface area (Å²) in [5.41, 5.74) is 2.63. The number of carbonyl (C=O) groups is 1. The van der Waals surface area contributed by atoms with E-state index < -0.39 is 12.3 Å². The van der Waals surface area contributed by atoms with Crippen LogP contribution in [-0.4, -0.2) is 24.8 Å². The largest absolute Gasteiger partial charge is 0.483 e. The number of nitrogens with zero attached hydrogens (tertiary/aromatic N) is 2. The first-order valence-electron chi connectivity index (χ1n) is 9.31. The van der Waals surface area contributed by atoms with E-state index in [1.165, 1.54) is 0 Å². The lowest BCUT2D eigenvalue weighted by molar-refractivity contribution is -0.113. The van der Waals surface area contributed by atoms with Crippen LogP contribution in [0.5, 0.6) is 11.5 Å². The van der Waals surface area contributed by atoms with Crippen LogP contribution in [0.3, 0.4) is 0 Å². The number of halogens is 2. The molecule has 0 aliphatic carbocycles. The van der Waals surface area contributed by atoms with Crippen LogP contribution >= 0.6 is 27.5 Å². The summed E-state index contributed by atoms with van der Waals surface area (Å²) in [5, 5.41) is 0.626. The molecular formula is C23H18BrClN2O3. The van der Waals surface area contributed by atoms with E-state index in [-0.39, 0.29) is 0 Å². The van der Waals surface area contributed by atoms with Crippen LogP contribution < -0.4 is 14.4 Å². The second-order valence-electron chi connectivity index (χ2n) is 6.70. The summed E-state index contributed by atoms with van der Waals surface area (Å²) in [7, 11) is 0. The summed E-state index contributed by atoms with van der Waals surface area (Å²) in [6, 6.07) is 20.7. The highest BCUT2D eigenvalue weighted by Gasteiger charge is 2.27. The maximum atomic E-state index is 10.8. The van der Waals surface area contributed by atoms with Crippen LogP contribution in [0.4, 0.5) is 17.1 Å². The first-order valence-corrected chi connectivity index (χ1v) is 10.5. The summed E-state index contributed by atoms with van der Waals surface area (Å²) >= 11 is 9.64. The summed E-state index contributed by atoms with van der Waals surface area (Å²) in [4.78, 5) is 17.4. The third kappa shape index (κ3) is 4.50. The number of rotatable bonds is 6. The third-order valence-corrected chi connectivity index (χ3v) is 5.26. The fraction of sp³-hybridized carbons (Fsp3) is 0.130. The lowest BCUT2D eigenvalue weighted by atomic mass is 10.1. The van der Waals surface area contributed by atoms with Crippen molar-refractivity contribution in [1.82, 2.24) is 0 Å². The number of benzene rings is 3. The lowest BCUT2D eigenvalue weighted by Crippen LogP contribution is -2.39. The Kier molecular flexibility index (Phi) is 6.06. The van der Waals surface area contributed by atoms with Crippen LogP contribution in [0, 0.1) is 0 Å². The predicted octanol–water partition coefficient (Wildman–Crippen LogP) is 6.33. The second kappa shape index (κ2) is 8.90. The minimum Gasteiger partial charge on any atom is -0.483 e. The van der Waals surface area contributed by atoms with Crippen LogP contribution in [0.2, 0.25) is 5.02 Å². The molecule has 152 valence electrons. The van der Waals surface area contributed by atoms with Crippen LogP contribution in [0.15, 0.2) is 76.2 Å². The minimum absolute atomic E-state index is 0.458. The van der Waals surface area contributed by atoms with Gasteiger partial charge in [0, 0.05) is 15.2 Å². The van der Waals surface area contributed by atoms with E-state index in [0.29, 0.717) is 16.5 Å². The number of hydrogen-bond donors (Lipinski definition) is 0. The summed E-state index contributed by atoms with van der Waals surface area (Å²) in [6.45, 7) is 1.69. The van der Waals surface area contributed by atoms with Crippen molar-refractivity contribution in [3.63, 3.8) is 0 Å². The maximum Gasteiger partial charge on any atom is 0.213 e. The molecule has 4 rings (SSSR count). The van der Waals surface area contributed by atoms with Gasteiger partial charge in [0.1, 0.15) is 11.5 Å². The molecule has 1 unspecified atom stereocenters. The van der Waals surface area contributed by atoms with E-state index in [1.54, 1.807) is 37.4 Å². The highest BCUT2D eigenvalue weighted by Crippen LogP contribution is 2.40. The van der Waals surface area contributed by atoms with Gasteiger partial charge in [-0.15, -0.1) is 0 Å². The molecule has 2 atom stereocenters.